The fourth-order valence-corrected chi connectivity index (χ4v) is 1.52. The highest BCUT2D eigenvalue weighted by atomic mass is 16.5. The molecule has 0 spiro atoms. The maximum Gasteiger partial charge on any atom is 0.134 e. The average Bonchev–Trinajstić information content (AvgIpc) is 2.21. The summed E-state index contributed by atoms with van der Waals surface area (Å²) in [6.45, 7) is 4.59. The lowest BCUT2D eigenvalue weighted by atomic mass is 10.1. The van der Waals surface area contributed by atoms with Crippen molar-refractivity contribution in [2.45, 2.75) is 13.8 Å². The van der Waals surface area contributed by atoms with Crippen LogP contribution < -0.4 is 10.5 Å². The van der Waals surface area contributed by atoms with Gasteiger partial charge in [-0.05, 0) is 25.5 Å². The third-order valence-electron chi connectivity index (χ3n) is 2.26. The number of nitrogens with zero attached hydrogens (tertiary/aromatic N) is 2. The highest BCUT2D eigenvalue weighted by Gasteiger charge is 2.05. The van der Waals surface area contributed by atoms with Crippen molar-refractivity contribution in [1.29, 1.82) is 0 Å². The number of aromatic nitrogens is 2. The molecule has 0 aliphatic carbocycles. The zero-order chi connectivity index (χ0) is 10.8. The van der Waals surface area contributed by atoms with Gasteiger partial charge in [-0.3, -0.25) is 0 Å². The second-order valence-electron chi connectivity index (χ2n) is 3.33. The first-order valence-corrected chi connectivity index (χ1v) is 4.86. The first-order chi connectivity index (χ1) is 7.22. The van der Waals surface area contributed by atoms with Crippen LogP contribution >= 0.6 is 0 Å². The van der Waals surface area contributed by atoms with Gasteiger partial charge in [-0.15, -0.1) is 0 Å². The SMILES string of the molecule is CCOc1cc2ncnc(N)c2cc1C. The molecule has 4 heteroatoms. The molecule has 0 fully saturated rings. The Balaban J connectivity index is 2.65. The summed E-state index contributed by atoms with van der Waals surface area (Å²) in [5.41, 5.74) is 7.62. The Hall–Kier alpha value is -1.84. The van der Waals surface area contributed by atoms with Crippen molar-refractivity contribution in [1.82, 2.24) is 9.97 Å². The molecule has 1 aromatic carbocycles. The predicted octanol–water partition coefficient (Wildman–Crippen LogP) is 1.92. The Bertz CT molecular complexity index is 496. The van der Waals surface area contributed by atoms with Crippen molar-refractivity contribution in [2.24, 2.45) is 0 Å². The van der Waals surface area contributed by atoms with Crippen molar-refractivity contribution in [3.8, 4) is 5.75 Å². The van der Waals surface area contributed by atoms with Crippen LogP contribution in [0.2, 0.25) is 0 Å². The normalized spacial score (nSPS) is 10.5. The standard InChI is InChI=1S/C11H13N3O/c1-3-15-10-5-9-8(4-7(10)2)11(12)14-6-13-9/h4-6H,3H2,1-2H3,(H2,12,13,14). The average molecular weight is 203 g/mol. The zero-order valence-electron chi connectivity index (χ0n) is 8.82. The van der Waals surface area contributed by atoms with E-state index in [-0.39, 0.29) is 0 Å². The van der Waals surface area contributed by atoms with E-state index in [2.05, 4.69) is 9.97 Å². The van der Waals surface area contributed by atoms with E-state index in [4.69, 9.17) is 10.5 Å². The number of aryl methyl sites for hydroxylation is 1. The molecular formula is C11H13N3O. The molecule has 0 bridgehead atoms. The molecule has 4 nitrogen and oxygen atoms in total. The van der Waals surface area contributed by atoms with E-state index in [9.17, 15) is 0 Å². The number of ether oxygens (including phenoxy) is 1. The fraction of sp³-hybridized carbons (Fsp3) is 0.273. The predicted molar refractivity (Wildman–Crippen MR) is 59.9 cm³/mol. The molecule has 1 heterocycles. The van der Waals surface area contributed by atoms with Gasteiger partial charge in [0, 0.05) is 11.5 Å². The third-order valence-corrected chi connectivity index (χ3v) is 2.26. The molecule has 2 N–H and O–H groups in total. The number of hydrogen-bond donors (Lipinski definition) is 1. The fourth-order valence-electron chi connectivity index (χ4n) is 1.52. The summed E-state index contributed by atoms with van der Waals surface area (Å²) >= 11 is 0. The Morgan fingerprint density at radius 2 is 2.13 bits per heavy atom. The van der Waals surface area contributed by atoms with E-state index in [1.807, 2.05) is 26.0 Å². The molecule has 0 atom stereocenters. The van der Waals surface area contributed by atoms with Crippen molar-refractivity contribution >= 4 is 16.7 Å². The highest BCUT2D eigenvalue weighted by Crippen LogP contribution is 2.26. The van der Waals surface area contributed by atoms with E-state index < -0.39 is 0 Å². The van der Waals surface area contributed by atoms with Crippen LogP contribution in [0.1, 0.15) is 12.5 Å². The van der Waals surface area contributed by atoms with Crippen molar-refractivity contribution in [3.05, 3.63) is 24.0 Å². The van der Waals surface area contributed by atoms with E-state index in [1.165, 1.54) is 6.33 Å². The van der Waals surface area contributed by atoms with Gasteiger partial charge in [-0.2, -0.15) is 0 Å². The van der Waals surface area contributed by atoms with Gasteiger partial charge in [0.15, 0.2) is 0 Å². The Kier molecular flexibility index (Phi) is 2.41. The van der Waals surface area contributed by atoms with Gasteiger partial charge >= 0.3 is 0 Å². The lowest BCUT2D eigenvalue weighted by Gasteiger charge is -2.08. The minimum atomic E-state index is 0.506. The monoisotopic (exact) mass is 203 g/mol. The molecule has 2 aromatic rings. The first kappa shape index (κ1) is 9.71. The number of benzene rings is 1. The minimum absolute atomic E-state index is 0.506. The summed E-state index contributed by atoms with van der Waals surface area (Å²) in [4.78, 5) is 8.10. The van der Waals surface area contributed by atoms with Gasteiger partial charge < -0.3 is 10.5 Å². The van der Waals surface area contributed by atoms with Crippen LogP contribution in [0.25, 0.3) is 10.9 Å². The third kappa shape index (κ3) is 1.70. The smallest absolute Gasteiger partial charge is 0.134 e. The van der Waals surface area contributed by atoms with Crippen LogP contribution in [0.4, 0.5) is 5.82 Å². The summed E-state index contributed by atoms with van der Waals surface area (Å²) in [6.07, 6.45) is 1.46. The number of rotatable bonds is 2. The van der Waals surface area contributed by atoms with Gasteiger partial charge in [-0.1, -0.05) is 0 Å². The van der Waals surface area contributed by atoms with Crippen LogP contribution in [0, 0.1) is 6.92 Å². The summed E-state index contributed by atoms with van der Waals surface area (Å²) in [5, 5.41) is 0.874. The molecule has 2 rings (SSSR count). The molecule has 0 amide bonds. The van der Waals surface area contributed by atoms with Crippen LogP contribution in [0.15, 0.2) is 18.5 Å². The Labute approximate surface area is 88.1 Å². The van der Waals surface area contributed by atoms with Crippen molar-refractivity contribution in [2.75, 3.05) is 12.3 Å². The Morgan fingerprint density at radius 3 is 2.87 bits per heavy atom. The number of hydrogen-bond acceptors (Lipinski definition) is 4. The largest absolute Gasteiger partial charge is 0.494 e. The molecule has 0 aliphatic rings. The summed E-state index contributed by atoms with van der Waals surface area (Å²) < 4.78 is 5.48. The second-order valence-corrected chi connectivity index (χ2v) is 3.33. The molecule has 0 unspecified atom stereocenters. The number of fused-ring (bicyclic) bond motifs is 1. The second kappa shape index (κ2) is 3.73. The number of nitrogen functional groups attached to an aromatic ring is 1. The first-order valence-electron chi connectivity index (χ1n) is 4.86. The van der Waals surface area contributed by atoms with Gasteiger partial charge in [0.25, 0.3) is 0 Å². The molecule has 0 aliphatic heterocycles. The Morgan fingerprint density at radius 1 is 1.33 bits per heavy atom. The lowest BCUT2D eigenvalue weighted by molar-refractivity contribution is 0.338. The minimum Gasteiger partial charge on any atom is -0.494 e. The van der Waals surface area contributed by atoms with Gasteiger partial charge in [0.05, 0.1) is 12.1 Å². The summed E-state index contributed by atoms with van der Waals surface area (Å²) in [7, 11) is 0. The molecule has 1 aromatic heterocycles. The van der Waals surface area contributed by atoms with E-state index in [0.29, 0.717) is 12.4 Å². The van der Waals surface area contributed by atoms with Crippen LogP contribution in [-0.4, -0.2) is 16.6 Å². The molecule has 0 saturated carbocycles. The molecular weight excluding hydrogens is 190 g/mol. The van der Waals surface area contributed by atoms with Gasteiger partial charge in [-0.25, -0.2) is 9.97 Å². The molecule has 0 saturated heterocycles. The topological polar surface area (TPSA) is 61.0 Å². The maximum absolute atomic E-state index is 5.76. The van der Waals surface area contributed by atoms with Crippen molar-refractivity contribution in [3.63, 3.8) is 0 Å². The quantitative estimate of drug-likeness (QED) is 0.810. The van der Waals surface area contributed by atoms with Crippen LogP contribution in [-0.2, 0) is 0 Å². The van der Waals surface area contributed by atoms with E-state index in [0.717, 1.165) is 22.2 Å². The molecule has 0 radical (unpaired) electrons. The van der Waals surface area contributed by atoms with Crippen LogP contribution in [0.5, 0.6) is 5.75 Å². The van der Waals surface area contributed by atoms with E-state index >= 15 is 0 Å². The summed E-state index contributed by atoms with van der Waals surface area (Å²) in [5.74, 6) is 1.36. The number of nitrogens with two attached hydrogens (primary N) is 1. The lowest BCUT2D eigenvalue weighted by Crippen LogP contribution is -1.97. The maximum atomic E-state index is 5.76. The van der Waals surface area contributed by atoms with Crippen molar-refractivity contribution < 1.29 is 4.74 Å². The summed E-state index contributed by atoms with van der Waals surface area (Å²) in [6, 6.07) is 3.85. The number of anilines is 1. The van der Waals surface area contributed by atoms with Crippen LogP contribution in [0.3, 0.4) is 0 Å². The molecule has 15 heavy (non-hydrogen) atoms. The molecule has 78 valence electrons. The van der Waals surface area contributed by atoms with Gasteiger partial charge in [0.1, 0.15) is 17.9 Å². The van der Waals surface area contributed by atoms with Gasteiger partial charge in [0.2, 0.25) is 0 Å². The zero-order valence-corrected chi connectivity index (χ0v) is 8.82. The van der Waals surface area contributed by atoms with E-state index in [1.54, 1.807) is 0 Å². The highest BCUT2D eigenvalue weighted by molar-refractivity contribution is 5.89.